The zero-order valence-electron chi connectivity index (χ0n) is 16.2. The molecule has 25 heavy (non-hydrogen) atoms. The van der Waals surface area contributed by atoms with Crippen molar-refractivity contribution in [1.82, 2.24) is 0 Å². The molecule has 0 spiro atoms. The molecule has 0 fully saturated rings. The molecule has 1 aromatic rings. The third kappa shape index (κ3) is 12.7. The lowest BCUT2D eigenvalue weighted by Gasteiger charge is -2.11. The number of nitro groups is 1. The number of hydrogen-bond donors (Lipinski definition) is 0. The zero-order valence-corrected chi connectivity index (χ0v) is 16.2. The maximum Gasteiger partial charge on any atom is 0.514 e. The minimum atomic E-state index is -0.827. The maximum atomic E-state index is 11.6. The summed E-state index contributed by atoms with van der Waals surface area (Å²) in [6, 6.07) is 5.22. The Bertz CT molecular complexity index is 497. The lowest BCUT2D eigenvalue weighted by molar-refractivity contribution is -0.384. The molecule has 0 N–H and O–H groups in total. The molecule has 1 unspecified atom stereocenters. The molecular weight excluding hydrogens is 322 g/mol. The fourth-order valence-corrected chi connectivity index (χ4v) is 1.43. The van der Waals surface area contributed by atoms with Crippen LogP contribution in [0.2, 0.25) is 0 Å². The number of allylic oxidation sites excluding steroid dienone is 1. The summed E-state index contributed by atoms with van der Waals surface area (Å²) in [7, 11) is 0. The van der Waals surface area contributed by atoms with Gasteiger partial charge >= 0.3 is 6.16 Å². The Kier molecular flexibility index (Phi) is 16.4. The molecule has 1 rings (SSSR count). The number of carbonyl (C=O) groups is 1. The normalized spacial score (nSPS) is 10.6. The van der Waals surface area contributed by atoms with Crippen molar-refractivity contribution in [3.8, 4) is 5.75 Å². The standard InChI is InChI=1S/C14H17NO5.C3H8.C2H6/c1-3-5-6-12(4-2)19-14(16)20-13-9-7-11(8-10-13)15(17)18;1-3-2;1-2/h5-10,12H,3-4H2,1-2H3;3H2,1-2H3;1-2H3/b6-5+;;. The van der Waals surface area contributed by atoms with Gasteiger partial charge in [0.1, 0.15) is 11.9 Å². The van der Waals surface area contributed by atoms with Crippen LogP contribution in [0.3, 0.4) is 0 Å². The zero-order chi connectivity index (χ0) is 19.7. The van der Waals surface area contributed by atoms with Crippen molar-refractivity contribution in [2.45, 2.75) is 66.9 Å². The van der Waals surface area contributed by atoms with E-state index in [9.17, 15) is 14.9 Å². The van der Waals surface area contributed by atoms with E-state index in [1.807, 2.05) is 33.8 Å². The average molecular weight is 353 g/mol. The van der Waals surface area contributed by atoms with Crippen molar-refractivity contribution in [2.24, 2.45) is 0 Å². The van der Waals surface area contributed by atoms with Crippen molar-refractivity contribution in [3.05, 3.63) is 46.5 Å². The highest BCUT2D eigenvalue weighted by Crippen LogP contribution is 2.18. The van der Waals surface area contributed by atoms with Crippen molar-refractivity contribution in [2.75, 3.05) is 0 Å². The summed E-state index contributed by atoms with van der Waals surface area (Å²) in [6.07, 6.45) is 5.31. The van der Waals surface area contributed by atoms with Crippen molar-refractivity contribution < 1.29 is 19.2 Å². The first-order valence-electron chi connectivity index (χ1n) is 8.77. The highest BCUT2D eigenvalue weighted by Gasteiger charge is 2.13. The van der Waals surface area contributed by atoms with Crippen molar-refractivity contribution in [1.29, 1.82) is 0 Å². The van der Waals surface area contributed by atoms with Gasteiger partial charge < -0.3 is 9.47 Å². The first-order chi connectivity index (χ1) is 12.0. The molecule has 0 aliphatic rings. The second kappa shape index (κ2) is 16.5. The van der Waals surface area contributed by atoms with Gasteiger partial charge in [0.15, 0.2) is 0 Å². The maximum absolute atomic E-state index is 11.6. The predicted octanol–water partition coefficient (Wildman–Crippen LogP) is 6.30. The number of non-ortho nitro benzene ring substituents is 1. The summed E-state index contributed by atoms with van der Waals surface area (Å²) >= 11 is 0. The number of nitro benzene ring substituents is 1. The van der Waals surface area contributed by atoms with Crippen LogP contribution in [0.25, 0.3) is 0 Å². The molecule has 0 saturated heterocycles. The first kappa shape index (κ1) is 24.9. The fraction of sp³-hybridized carbons (Fsp3) is 0.526. The van der Waals surface area contributed by atoms with Crippen molar-refractivity contribution in [3.63, 3.8) is 0 Å². The highest BCUT2D eigenvalue weighted by molar-refractivity contribution is 5.64. The van der Waals surface area contributed by atoms with E-state index in [0.29, 0.717) is 6.42 Å². The van der Waals surface area contributed by atoms with Gasteiger partial charge in [0, 0.05) is 12.1 Å². The van der Waals surface area contributed by atoms with E-state index >= 15 is 0 Å². The molecule has 6 heteroatoms. The van der Waals surface area contributed by atoms with Gasteiger partial charge in [-0.15, -0.1) is 0 Å². The van der Waals surface area contributed by atoms with Crippen LogP contribution in [0, 0.1) is 10.1 Å². The van der Waals surface area contributed by atoms with Gasteiger partial charge in [-0.2, -0.15) is 0 Å². The molecule has 0 aliphatic carbocycles. The molecule has 1 aromatic carbocycles. The Morgan fingerprint density at radius 2 is 1.68 bits per heavy atom. The molecular formula is C19H31NO5. The summed E-state index contributed by atoms with van der Waals surface area (Å²) in [5, 5.41) is 10.5. The fourth-order valence-electron chi connectivity index (χ4n) is 1.43. The van der Waals surface area contributed by atoms with Crippen LogP contribution in [-0.4, -0.2) is 17.2 Å². The molecule has 1 atom stereocenters. The number of rotatable bonds is 6. The van der Waals surface area contributed by atoms with Gasteiger partial charge in [0.2, 0.25) is 0 Å². The summed E-state index contributed by atoms with van der Waals surface area (Å²) in [5.74, 6) is 0.204. The molecule has 142 valence electrons. The Labute approximate surface area is 151 Å². The SMILES string of the molecule is CC.CC/C=C/C(CC)OC(=O)Oc1ccc([N+](=O)[O-])cc1.CCC. The average Bonchev–Trinajstić information content (AvgIpc) is 2.61. The number of ether oxygens (including phenoxy) is 2. The van der Waals surface area contributed by atoms with E-state index in [1.165, 1.54) is 30.7 Å². The Hall–Kier alpha value is -2.37. The lowest BCUT2D eigenvalue weighted by Crippen LogP contribution is -2.18. The van der Waals surface area contributed by atoms with Gasteiger partial charge in [0.25, 0.3) is 5.69 Å². The van der Waals surface area contributed by atoms with Gasteiger partial charge in [-0.3, -0.25) is 10.1 Å². The van der Waals surface area contributed by atoms with Crippen LogP contribution in [0.15, 0.2) is 36.4 Å². The van der Waals surface area contributed by atoms with Gasteiger partial charge in [0.05, 0.1) is 4.92 Å². The summed E-state index contributed by atoms with van der Waals surface area (Å²) in [6.45, 7) is 12.1. The monoisotopic (exact) mass is 353 g/mol. The smallest absolute Gasteiger partial charge is 0.426 e. The highest BCUT2D eigenvalue weighted by atomic mass is 16.7. The van der Waals surface area contributed by atoms with Crippen LogP contribution < -0.4 is 4.74 Å². The Morgan fingerprint density at radius 1 is 1.16 bits per heavy atom. The quantitative estimate of drug-likeness (QED) is 0.197. The van der Waals surface area contributed by atoms with E-state index in [1.54, 1.807) is 6.08 Å². The third-order valence-electron chi connectivity index (χ3n) is 2.49. The second-order valence-electron chi connectivity index (χ2n) is 4.71. The Balaban J connectivity index is 0. The molecule has 0 aliphatic heterocycles. The van der Waals surface area contributed by atoms with Crippen LogP contribution in [0.1, 0.15) is 60.8 Å². The number of hydrogen-bond acceptors (Lipinski definition) is 5. The molecule has 0 aromatic heterocycles. The third-order valence-corrected chi connectivity index (χ3v) is 2.49. The summed E-state index contributed by atoms with van der Waals surface area (Å²) in [5.41, 5.74) is -0.0666. The Morgan fingerprint density at radius 3 is 2.08 bits per heavy atom. The predicted molar refractivity (Wildman–Crippen MR) is 101 cm³/mol. The van der Waals surface area contributed by atoms with Gasteiger partial charge in [-0.25, -0.2) is 4.79 Å². The summed E-state index contributed by atoms with van der Waals surface area (Å²) in [4.78, 5) is 21.5. The van der Waals surface area contributed by atoms with Crippen LogP contribution in [-0.2, 0) is 4.74 Å². The minimum absolute atomic E-state index is 0.0666. The minimum Gasteiger partial charge on any atom is -0.426 e. The molecule has 0 saturated carbocycles. The molecule has 0 bridgehead atoms. The van der Waals surface area contributed by atoms with E-state index in [-0.39, 0.29) is 17.5 Å². The number of carbonyl (C=O) groups excluding carboxylic acids is 1. The molecule has 6 nitrogen and oxygen atoms in total. The van der Waals surface area contributed by atoms with E-state index in [0.717, 1.165) is 6.42 Å². The van der Waals surface area contributed by atoms with E-state index < -0.39 is 11.1 Å². The van der Waals surface area contributed by atoms with Crippen LogP contribution in [0.5, 0.6) is 5.75 Å². The van der Waals surface area contributed by atoms with E-state index in [4.69, 9.17) is 9.47 Å². The van der Waals surface area contributed by atoms with Gasteiger partial charge in [-0.1, -0.05) is 54.0 Å². The lowest BCUT2D eigenvalue weighted by atomic mass is 10.2. The topological polar surface area (TPSA) is 78.7 Å². The molecule has 0 heterocycles. The summed E-state index contributed by atoms with van der Waals surface area (Å²) < 4.78 is 10.0. The number of benzene rings is 1. The van der Waals surface area contributed by atoms with E-state index in [2.05, 4.69) is 13.8 Å². The second-order valence-corrected chi connectivity index (χ2v) is 4.71. The van der Waals surface area contributed by atoms with Crippen LogP contribution in [0.4, 0.5) is 10.5 Å². The van der Waals surface area contributed by atoms with Crippen molar-refractivity contribution >= 4 is 11.8 Å². The molecule has 0 radical (unpaired) electrons. The number of nitrogens with zero attached hydrogens (tertiary/aromatic N) is 1. The molecule has 0 amide bonds. The first-order valence-corrected chi connectivity index (χ1v) is 8.77. The largest absolute Gasteiger partial charge is 0.514 e. The van der Waals surface area contributed by atoms with Gasteiger partial charge in [-0.05, 0) is 31.1 Å². The van der Waals surface area contributed by atoms with Crippen LogP contribution >= 0.6 is 0 Å².